The molecule has 0 unspecified atom stereocenters. The highest BCUT2D eigenvalue weighted by atomic mass is 19.1. The van der Waals surface area contributed by atoms with Crippen LogP contribution in [0.3, 0.4) is 0 Å². The molecule has 2 amide bonds. The second kappa shape index (κ2) is 8.09. The third kappa shape index (κ3) is 4.65. The number of hydrogen-bond acceptors (Lipinski definition) is 8. The van der Waals surface area contributed by atoms with Crippen molar-refractivity contribution >= 4 is 34.9 Å². The van der Waals surface area contributed by atoms with E-state index in [0.29, 0.717) is 42.0 Å². The average Bonchev–Trinajstić information content (AvgIpc) is 3.19. The molecule has 0 atom stereocenters. The SMILES string of the molecule is CC(C)(C)c1cc(NC(=O)Nc2ccc(Nc3ncnc4c3OCCN4)cc2F)no1. The van der Waals surface area contributed by atoms with Crippen molar-refractivity contribution in [3.8, 4) is 5.75 Å². The molecule has 0 aliphatic carbocycles. The zero-order chi connectivity index (χ0) is 22.0. The molecule has 3 aromatic rings. The molecule has 10 nitrogen and oxygen atoms in total. The van der Waals surface area contributed by atoms with Gasteiger partial charge >= 0.3 is 6.03 Å². The lowest BCUT2D eigenvalue weighted by Crippen LogP contribution is -2.20. The van der Waals surface area contributed by atoms with Gasteiger partial charge in [-0.15, -0.1) is 0 Å². The van der Waals surface area contributed by atoms with Gasteiger partial charge in [0.1, 0.15) is 24.5 Å². The molecule has 0 spiro atoms. The number of carbonyl (C=O) groups is 1. The maximum atomic E-state index is 14.6. The highest BCUT2D eigenvalue weighted by Crippen LogP contribution is 2.33. The van der Waals surface area contributed by atoms with E-state index in [1.165, 1.54) is 18.5 Å². The number of nitrogens with one attached hydrogen (secondary N) is 4. The molecule has 11 heteroatoms. The van der Waals surface area contributed by atoms with E-state index in [9.17, 15) is 9.18 Å². The molecule has 162 valence electrons. The van der Waals surface area contributed by atoms with Crippen LogP contribution in [0.2, 0.25) is 0 Å². The van der Waals surface area contributed by atoms with Crippen LogP contribution in [0, 0.1) is 5.82 Å². The third-order valence-electron chi connectivity index (χ3n) is 4.42. The van der Waals surface area contributed by atoms with Gasteiger partial charge in [0.05, 0.1) is 12.2 Å². The van der Waals surface area contributed by atoms with Gasteiger partial charge in [-0.2, -0.15) is 0 Å². The number of ether oxygens (including phenoxy) is 1. The van der Waals surface area contributed by atoms with E-state index in [4.69, 9.17) is 9.26 Å². The van der Waals surface area contributed by atoms with Crippen LogP contribution < -0.4 is 26.0 Å². The number of hydrogen-bond donors (Lipinski definition) is 4. The molecule has 0 saturated carbocycles. The predicted octanol–water partition coefficient (Wildman–Crippen LogP) is 4.09. The fraction of sp³-hybridized carbons (Fsp3) is 0.300. The molecule has 4 rings (SSSR count). The zero-order valence-corrected chi connectivity index (χ0v) is 17.2. The highest BCUT2D eigenvalue weighted by molar-refractivity contribution is 5.99. The zero-order valence-electron chi connectivity index (χ0n) is 17.2. The Hall–Kier alpha value is -3.89. The first-order valence-corrected chi connectivity index (χ1v) is 9.63. The molecule has 0 fully saturated rings. The number of anilines is 5. The van der Waals surface area contributed by atoms with Gasteiger partial charge in [-0.25, -0.2) is 19.2 Å². The second-order valence-electron chi connectivity index (χ2n) is 7.90. The summed E-state index contributed by atoms with van der Waals surface area (Å²) in [5.41, 5.74) is 0.192. The van der Waals surface area contributed by atoms with E-state index in [-0.39, 0.29) is 16.9 Å². The number of aromatic nitrogens is 3. The smallest absolute Gasteiger partial charge is 0.325 e. The van der Waals surface area contributed by atoms with Crippen molar-refractivity contribution in [2.24, 2.45) is 0 Å². The Morgan fingerprint density at radius 3 is 2.77 bits per heavy atom. The summed E-state index contributed by atoms with van der Waals surface area (Å²) < 4.78 is 25.4. The average molecular weight is 427 g/mol. The maximum Gasteiger partial charge on any atom is 0.325 e. The van der Waals surface area contributed by atoms with Gasteiger partial charge in [-0.05, 0) is 18.2 Å². The van der Waals surface area contributed by atoms with Gasteiger partial charge in [0.25, 0.3) is 0 Å². The Morgan fingerprint density at radius 1 is 1.19 bits per heavy atom. The molecule has 2 aromatic heterocycles. The summed E-state index contributed by atoms with van der Waals surface area (Å²) in [6.45, 7) is 7.00. The molecule has 1 aromatic carbocycles. The molecular formula is C20H22FN7O3. The Labute approximate surface area is 177 Å². The van der Waals surface area contributed by atoms with Crippen molar-refractivity contribution in [1.82, 2.24) is 15.1 Å². The van der Waals surface area contributed by atoms with Crippen LogP contribution in [0.5, 0.6) is 5.75 Å². The van der Waals surface area contributed by atoms with E-state index >= 15 is 0 Å². The molecule has 1 aliphatic heterocycles. The number of halogens is 1. The first-order chi connectivity index (χ1) is 14.8. The van der Waals surface area contributed by atoms with Crippen molar-refractivity contribution < 1.29 is 18.4 Å². The second-order valence-corrected chi connectivity index (χ2v) is 7.90. The van der Waals surface area contributed by atoms with Gasteiger partial charge in [0.2, 0.25) is 5.75 Å². The van der Waals surface area contributed by atoms with Crippen LogP contribution in [-0.4, -0.2) is 34.3 Å². The van der Waals surface area contributed by atoms with E-state index in [2.05, 4.69) is 36.4 Å². The number of rotatable bonds is 4. The van der Waals surface area contributed by atoms with Gasteiger partial charge < -0.3 is 25.2 Å². The van der Waals surface area contributed by atoms with Crippen molar-refractivity contribution in [3.05, 3.63) is 42.2 Å². The minimum atomic E-state index is -0.641. The lowest BCUT2D eigenvalue weighted by atomic mass is 9.93. The quantitative estimate of drug-likeness (QED) is 0.490. The van der Waals surface area contributed by atoms with Crippen LogP contribution in [0.25, 0.3) is 0 Å². The summed E-state index contributed by atoms with van der Waals surface area (Å²) in [5, 5.41) is 14.9. The maximum absolute atomic E-state index is 14.6. The molecule has 0 bridgehead atoms. The van der Waals surface area contributed by atoms with E-state index < -0.39 is 11.8 Å². The van der Waals surface area contributed by atoms with Gasteiger partial charge in [0, 0.05) is 17.2 Å². The lowest BCUT2D eigenvalue weighted by molar-refractivity contribution is 0.261. The normalized spacial score (nSPS) is 12.9. The summed E-state index contributed by atoms with van der Waals surface area (Å²) in [5.74, 6) is 1.69. The Morgan fingerprint density at radius 2 is 2.03 bits per heavy atom. The molecule has 4 N–H and O–H groups in total. The fourth-order valence-corrected chi connectivity index (χ4v) is 2.84. The minimum absolute atomic E-state index is 0.00484. The molecule has 1 aliphatic rings. The van der Waals surface area contributed by atoms with Crippen LogP contribution in [-0.2, 0) is 5.41 Å². The van der Waals surface area contributed by atoms with Crippen molar-refractivity contribution in [3.63, 3.8) is 0 Å². The van der Waals surface area contributed by atoms with Gasteiger partial charge in [0.15, 0.2) is 17.5 Å². The van der Waals surface area contributed by atoms with Crippen LogP contribution in [0.15, 0.2) is 35.1 Å². The topological polar surface area (TPSA) is 126 Å². The summed E-state index contributed by atoms with van der Waals surface area (Å²) >= 11 is 0. The summed E-state index contributed by atoms with van der Waals surface area (Å²) in [4.78, 5) is 20.5. The van der Waals surface area contributed by atoms with Crippen molar-refractivity contribution in [2.75, 3.05) is 34.4 Å². The van der Waals surface area contributed by atoms with Gasteiger partial charge in [-0.1, -0.05) is 25.9 Å². The third-order valence-corrected chi connectivity index (χ3v) is 4.42. The summed E-state index contributed by atoms with van der Waals surface area (Å²) in [7, 11) is 0. The Bertz CT molecular complexity index is 1110. The van der Waals surface area contributed by atoms with E-state index in [1.54, 1.807) is 12.1 Å². The standard InChI is InChI=1S/C20H22FN7O3/c1-20(2,3)14-9-15(28-31-14)27-19(29)26-13-5-4-11(8-12(13)21)25-18-16-17(23-10-24-18)22-6-7-30-16/h4-5,8-10H,6-7H2,1-3H3,(H2,22,23,24,25)(H2,26,27,28,29). The van der Waals surface area contributed by atoms with Crippen LogP contribution in [0.1, 0.15) is 26.5 Å². The largest absolute Gasteiger partial charge is 0.485 e. The number of carbonyl (C=O) groups excluding carboxylic acids is 1. The number of fused-ring (bicyclic) bond motifs is 1. The number of urea groups is 1. The lowest BCUT2D eigenvalue weighted by Gasteiger charge is -2.20. The molecule has 0 saturated heterocycles. The molecule has 3 heterocycles. The van der Waals surface area contributed by atoms with Crippen LogP contribution >= 0.6 is 0 Å². The van der Waals surface area contributed by atoms with Gasteiger partial charge in [-0.3, -0.25) is 5.32 Å². The first kappa shape index (κ1) is 20.4. The van der Waals surface area contributed by atoms with E-state index in [1.807, 2.05) is 20.8 Å². The minimum Gasteiger partial charge on any atom is -0.485 e. The van der Waals surface area contributed by atoms with E-state index in [0.717, 1.165) is 0 Å². The predicted molar refractivity (Wildman–Crippen MR) is 114 cm³/mol. The molecular weight excluding hydrogens is 405 g/mol. The number of amides is 2. The molecule has 31 heavy (non-hydrogen) atoms. The summed E-state index contributed by atoms with van der Waals surface area (Å²) in [6, 6.07) is 5.28. The first-order valence-electron chi connectivity index (χ1n) is 9.63. The fourth-order valence-electron chi connectivity index (χ4n) is 2.84. The number of nitrogens with zero attached hydrogens (tertiary/aromatic N) is 3. The Balaban J connectivity index is 1.42. The van der Waals surface area contributed by atoms with Crippen molar-refractivity contribution in [1.29, 1.82) is 0 Å². The molecule has 0 radical (unpaired) electrons. The highest BCUT2D eigenvalue weighted by Gasteiger charge is 2.21. The summed E-state index contributed by atoms with van der Waals surface area (Å²) in [6.07, 6.45) is 1.38. The monoisotopic (exact) mass is 427 g/mol. The Kier molecular flexibility index (Phi) is 5.32. The van der Waals surface area contributed by atoms with Crippen LogP contribution in [0.4, 0.5) is 38.0 Å². The number of benzene rings is 1. The van der Waals surface area contributed by atoms with Crippen molar-refractivity contribution in [2.45, 2.75) is 26.2 Å².